The largest absolute Gasteiger partial charge is 0.347 e. The molecule has 1 aromatic rings. The molecule has 0 saturated carbocycles. The Bertz CT molecular complexity index is 849. The fraction of sp³-hybridized carbons (Fsp3) is 0.478. The van der Waals surface area contributed by atoms with E-state index in [0.29, 0.717) is 12.0 Å². The van der Waals surface area contributed by atoms with Gasteiger partial charge in [-0.15, -0.1) is 0 Å². The smallest absolute Gasteiger partial charge is 0.263 e. The van der Waals surface area contributed by atoms with Crippen molar-refractivity contribution in [3.05, 3.63) is 41.0 Å². The van der Waals surface area contributed by atoms with Crippen molar-refractivity contribution in [1.29, 1.82) is 5.26 Å². The van der Waals surface area contributed by atoms with E-state index < -0.39 is 17.4 Å². The van der Waals surface area contributed by atoms with Crippen molar-refractivity contribution in [2.75, 3.05) is 6.54 Å². The van der Waals surface area contributed by atoms with Crippen LogP contribution < -0.4 is 10.6 Å². The Morgan fingerprint density at radius 3 is 2.52 bits per heavy atom. The summed E-state index contributed by atoms with van der Waals surface area (Å²) >= 11 is 0. The van der Waals surface area contributed by atoms with Gasteiger partial charge in [0.15, 0.2) is 5.78 Å². The highest BCUT2D eigenvalue weighted by molar-refractivity contribution is 6.10. The van der Waals surface area contributed by atoms with Crippen LogP contribution in [0, 0.1) is 18.3 Å². The van der Waals surface area contributed by atoms with E-state index >= 15 is 0 Å². The van der Waals surface area contributed by atoms with Gasteiger partial charge in [-0.2, -0.15) is 5.26 Å². The third-order valence-corrected chi connectivity index (χ3v) is 5.22. The van der Waals surface area contributed by atoms with E-state index in [1.165, 1.54) is 0 Å². The maximum atomic E-state index is 12.8. The van der Waals surface area contributed by atoms with Crippen LogP contribution in [0.1, 0.15) is 63.5 Å². The molecule has 29 heavy (non-hydrogen) atoms. The molecule has 2 N–H and O–H groups in total. The molecule has 6 nitrogen and oxygen atoms in total. The van der Waals surface area contributed by atoms with Gasteiger partial charge in [0.25, 0.3) is 5.91 Å². The summed E-state index contributed by atoms with van der Waals surface area (Å²) in [6.45, 7) is 5.63. The highest BCUT2D eigenvalue weighted by Gasteiger charge is 2.41. The predicted molar refractivity (Wildman–Crippen MR) is 112 cm³/mol. The third-order valence-electron chi connectivity index (χ3n) is 5.22. The van der Waals surface area contributed by atoms with Gasteiger partial charge < -0.3 is 10.6 Å². The first-order chi connectivity index (χ1) is 13.8. The Morgan fingerprint density at radius 2 is 1.90 bits per heavy atom. The van der Waals surface area contributed by atoms with Gasteiger partial charge in [0, 0.05) is 12.8 Å². The first-order valence-electron chi connectivity index (χ1n) is 10.1. The van der Waals surface area contributed by atoms with E-state index in [-0.39, 0.29) is 24.3 Å². The van der Waals surface area contributed by atoms with Crippen LogP contribution in [0.4, 0.5) is 0 Å². The maximum absolute atomic E-state index is 12.8. The van der Waals surface area contributed by atoms with Gasteiger partial charge in [0.1, 0.15) is 17.2 Å². The molecule has 2 rings (SSSR count). The lowest BCUT2D eigenvalue weighted by Gasteiger charge is -2.34. The summed E-state index contributed by atoms with van der Waals surface area (Å²) in [5, 5.41) is 14.7. The normalized spacial score (nSPS) is 18.8. The number of hydrogen-bond donors (Lipinski definition) is 2. The fourth-order valence-corrected chi connectivity index (χ4v) is 3.40. The molecule has 1 aliphatic rings. The van der Waals surface area contributed by atoms with Crippen LogP contribution in [-0.4, -0.2) is 29.7 Å². The van der Waals surface area contributed by atoms with Crippen molar-refractivity contribution in [1.82, 2.24) is 10.6 Å². The molecule has 0 saturated heterocycles. The third kappa shape index (κ3) is 5.77. The number of Topliss-reactive ketones (excluding diaryl/α,β-unsaturated/α-hetero) is 1. The van der Waals surface area contributed by atoms with Gasteiger partial charge in [-0.3, -0.25) is 14.4 Å². The first-order valence-corrected chi connectivity index (χ1v) is 10.1. The summed E-state index contributed by atoms with van der Waals surface area (Å²) in [7, 11) is 0. The van der Waals surface area contributed by atoms with Crippen molar-refractivity contribution < 1.29 is 14.4 Å². The van der Waals surface area contributed by atoms with Crippen molar-refractivity contribution in [3.63, 3.8) is 0 Å². The van der Waals surface area contributed by atoms with Gasteiger partial charge in [-0.05, 0) is 31.4 Å². The summed E-state index contributed by atoms with van der Waals surface area (Å²) in [5.41, 5.74) is 1.14. The number of benzene rings is 1. The average molecular weight is 396 g/mol. The number of hydrogen-bond acceptors (Lipinski definition) is 4. The van der Waals surface area contributed by atoms with Crippen LogP contribution in [0.3, 0.4) is 0 Å². The van der Waals surface area contributed by atoms with Crippen LogP contribution in [0.25, 0.3) is 5.57 Å². The quantitative estimate of drug-likeness (QED) is 0.627. The van der Waals surface area contributed by atoms with Crippen molar-refractivity contribution in [2.24, 2.45) is 0 Å². The molecular weight excluding hydrogens is 366 g/mol. The molecule has 154 valence electrons. The van der Waals surface area contributed by atoms with E-state index in [2.05, 4.69) is 17.6 Å². The molecule has 6 heteroatoms. The van der Waals surface area contributed by atoms with Crippen molar-refractivity contribution in [2.45, 2.75) is 64.8 Å². The number of carbonyl (C=O) groups excluding carboxylic acids is 3. The number of amides is 2. The van der Waals surface area contributed by atoms with Crippen LogP contribution in [-0.2, 0) is 14.4 Å². The van der Waals surface area contributed by atoms with E-state index in [9.17, 15) is 19.6 Å². The molecule has 0 radical (unpaired) electrons. The van der Waals surface area contributed by atoms with Crippen LogP contribution in [0.15, 0.2) is 29.8 Å². The molecule has 0 aromatic heterocycles. The van der Waals surface area contributed by atoms with E-state index in [1.807, 2.05) is 37.3 Å². The summed E-state index contributed by atoms with van der Waals surface area (Å²) < 4.78 is 0. The summed E-state index contributed by atoms with van der Waals surface area (Å²) in [5.74, 6) is -1.01. The summed E-state index contributed by atoms with van der Waals surface area (Å²) in [6.07, 6.45) is 4.65. The fourth-order valence-electron chi connectivity index (χ4n) is 3.40. The number of nitriles is 1. The zero-order valence-electron chi connectivity index (χ0n) is 17.4. The van der Waals surface area contributed by atoms with E-state index in [1.54, 1.807) is 6.92 Å². The number of nitrogens with zero attached hydrogens (tertiary/aromatic N) is 1. The second-order valence-corrected chi connectivity index (χ2v) is 7.83. The summed E-state index contributed by atoms with van der Waals surface area (Å²) in [4.78, 5) is 37.3. The molecule has 2 amide bonds. The topological polar surface area (TPSA) is 99.1 Å². The van der Waals surface area contributed by atoms with Gasteiger partial charge in [0.2, 0.25) is 5.91 Å². The Labute approximate surface area is 172 Å². The number of aryl methyl sites for hydroxylation is 1. The SMILES string of the molecule is CCCCCCC(=O)CNC(=O)C1(C)CC(c2ccc(C)cc2)=C(C#N)C(=O)N1. The van der Waals surface area contributed by atoms with Crippen LogP contribution >= 0.6 is 0 Å². The number of ketones is 1. The van der Waals surface area contributed by atoms with Crippen LogP contribution in [0.2, 0.25) is 0 Å². The number of nitrogens with one attached hydrogen (secondary N) is 2. The van der Waals surface area contributed by atoms with E-state index in [4.69, 9.17) is 0 Å². The number of carbonyl (C=O) groups is 3. The lowest BCUT2D eigenvalue weighted by atomic mass is 9.82. The number of unbranched alkanes of at least 4 members (excludes halogenated alkanes) is 3. The molecule has 0 aliphatic carbocycles. The predicted octanol–water partition coefficient (Wildman–Crippen LogP) is 3.21. The Hall–Kier alpha value is -2.94. The molecule has 0 bridgehead atoms. The van der Waals surface area contributed by atoms with Gasteiger partial charge in [-0.1, -0.05) is 56.0 Å². The Kier molecular flexibility index (Phi) is 7.72. The Morgan fingerprint density at radius 1 is 1.21 bits per heavy atom. The molecule has 1 unspecified atom stereocenters. The monoisotopic (exact) mass is 395 g/mol. The second-order valence-electron chi connectivity index (χ2n) is 7.83. The Balaban J connectivity index is 2.09. The zero-order chi connectivity index (χ0) is 21.4. The number of rotatable bonds is 9. The first kappa shape index (κ1) is 22.4. The zero-order valence-corrected chi connectivity index (χ0v) is 17.4. The lowest BCUT2D eigenvalue weighted by molar-refractivity contribution is -0.133. The maximum Gasteiger partial charge on any atom is 0.263 e. The van der Waals surface area contributed by atoms with Gasteiger partial charge >= 0.3 is 0 Å². The van der Waals surface area contributed by atoms with Crippen molar-refractivity contribution >= 4 is 23.2 Å². The molecule has 1 heterocycles. The van der Waals surface area contributed by atoms with Crippen LogP contribution in [0.5, 0.6) is 0 Å². The highest BCUT2D eigenvalue weighted by atomic mass is 16.2. The second kappa shape index (κ2) is 10.0. The minimum Gasteiger partial charge on any atom is -0.347 e. The van der Waals surface area contributed by atoms with Crippen molar-refractivity contribution in [3.8, 4) is 6.07 Å². The molecule has 1 aromatic carbocycles. The minimum atomic E-state index is -1.22. The standard InChI is InChI=1S/C23H29N3O3/c1-4-5-6-7-8-18(27)15-25-22(29)23(3)13-19(20(14-24)21(28)26-23)17-11-9-16(2)10-12-17/h9-12H,4-8,13,15H2,1-3H3,(H,25,29)(H,26,28). The molecule has 1 atom stereocenters. The average Bonchev–Trinajstić information content (AvgIpc) is 2.69. The molecule has 0 spiro atoms. The van der Waals surface area contributed by atoms with Gasteiger partial charge in [-0.25, -0.2) is 0 Å². The lowest BCUT2D eigenvalue weighted by Crippen LogP contribution is -2.59. The van der Waals surface area contributed by atoms with E-state index in [0.717, 1.165) is 36.8 Å². The molecule has 1 aliphatic heterocycles. The highest BCUT2D eigenvalue weighted by Crippen LogP contribution is 2.32. The molecule has 0 fully saturated rings. The summed E-state index contributed by atoms with van der Waals surface area (Å²) in [6, 6.07) is 9.45. The molecular formula is C23H29N3O3. The van der Waals surface area contributed by atoms with Gasteiger partial charge in [0.05, 0.1) is 6.54 Å². The minimum absolute atomic E-state index is 0.0196.